The maximum atomic E-state index is 13.2. The van der Waals surface area contributed by atoms with E-state index in [-0.39, 0.29) is 31.2 Å². The van der Waals surface area contributed by atoms with Gasteiger partial charge in [-0.25, -0.2) is 14.0 Å². The van der Waals surface area contributed by atoms with Gasteiger partial charge in [0.1, 0.15) is 5.82 Å². The van der Waals surface area contributed by atoms with Crippen molar-refractivity contribution < 1.29 is 36.7 Å². The Hall–Kier alpha value is -3.93. The van der Waals surface area contributed by atoms with Crippen LogP contribution in [0.3, 0.4) is 0 Å². The molecule has 0 bridgehead atoms. The summed E-state index contributed by atoms with van der Waals surface area (Å²) in [6.07, 6.45) is -4.53. The number of carbonyl (C=O) groups is 3. The van der Waals surface area contributed by atoms with Crippen molar-refractivity contribution in [2.24, 2.45) is 0 Å². The van der Waals surface area contributed by atoms with E-state index < -0.39 is 35.6 Å². The number of esters is 1. The minimum absolute atomic E-state index is 0.0690. The number of nitrogens with zero attached hydrogens (tertiary/aromatic N) is 3. The smallest absolute Gasteiger partial charge is 0.416 e. The van der Waals surface area contributed by atoms with E-state index in [1.165, 1.54) is 41.3 Å². The number of alkyl halides is 3. The fourth-order valence-electron chi connectivity index (χ4n) is 4.87. The summed E-state index contributed by atoms with van der Waals surface area (Å²) in [6, 6.07) is 8.14. The first-order chi connectivity index (χ1) is 19.0. The highest BCUT2D eigenvalue weighted by molar-refractivity contribution is 5.95. The van der Waals surface area contributed by atoms with E-state index in [1.807, 2.05) is 4.90 Å². The molecule has 0 saturated carbocycles. The largest absolute Gasteiger partial charge is 0.463 e. The number of hydrogen-bond acceptors (Lipinski definition) is 5. The molecule has 0 aliphatic carbocycles. The van der Waals surface area contributed by atoms with Crippen LogP contribution in [0, 0.1) is 5.82 Å². The molecule has 3 amide bonds. The summed E-state index contributed by atoms with van der Waals surface area (Å²) in [6.45, 7) is 5.52. The Morgan fingerprint density at radius 2 is 1.60 bits per heavy atom. The quantitative estimate of drug-likeness (QED) is 0.404. The van der Waals surface area contributed by atoms with E-state index in [0.29, 0.717) is 43.0 Å². The molecule has 12 heteroatoms. The molecule has 0 spiro atoms. The van der Waals surface area contributed by atoms with Crippen molar-refractivity contribution in [1.29, 1.82) is 0 Å². The lowest BCUT2D eigenvalue weighted by atomic mass is 9.93. The molecule has 2 heterocycles. The van der Waals surface area contributed by atoms with Crippen molar-refractivity contribution in [3.05, 3.63) is 82.3 Å². The summed E-state index contributed by atoms with van der Waals surface area (Å²) in [5.41, 5.74) is 0.388. The minimum Gasteiger partial charge on any atom is -0.463 e. The zero-order valence-electron chi connectivity index (χ0n) is 22.1. The monoisotopic (exact) mass is 562 g/mol. The average Bonchev–Trinajstić information content (AvgIpc) is 2.93. The SMILES string of the molecule is CCOC(=O)C1=C(CN2CCN(C(=O)c3ccc(F)cc3)CC2)N(CC)C(=O)N[C@@H]1c1ccc(C(F)(F)F)cc1. The predicted molar refractivity (Wildman–Crippen MR) is 137 cm³/mol. The summed E-state index contributed by atoms with van der Waals surface area (Å²) in [5, 5.41) is 2.74. The standard InChI is InChI=1S/C28H30F4N4O4/c1-3-36-22(17-34-13-15-35(16-14-34)25(37)19-7-11-21(29)12-8-19)23(26(38)40-4-2)24(33-27(36)39)18-5-9-20(10-6-18)28(30,31)32/h5-12,24H,3-4,13-17H2,1-2H3,(H,33,39)/t24-/m1/s1. The van der Waals surface area contributed by atoms with Crippen LogP contribution in [-0.2, 0) is 15.7 Å². The van der Waals surface area contributed by atoms with Gasteiger partial charge in [0.2, 0.25) is 0 Å². The molecule has 1 atom stereocenters. The van der Waals surface area contributed by atoms with E-state index in [4.69, 9.17) is 4.74 Å². The van der Waals surface area contributed by atoms with Crippen LogP contribution in [0.4, 0.5) is 22.4 Å². The van der Waals surface area contributed by atoms with Gasteiger partial charge < -0.3 is 15.0 Å². The second-order valence-corrected chi connectivity index (χ2v) is 9.40. The minimum atomic E-state index is -4.53. The van der Waals surface area contributed by atoms with E-state index in [9.17, 15) is 31.9 Å². The zero-order valence-corrected chi connectivity index (χ0v) is 22.1. The first kappa shape index (κ1) is 29.1. The van der Waals surface area contributed by atoms with Crippen molar-refractivity contribution in [2.45, 2.75) is 26.1 Å². The molecular weight excluding hydrogens is 532 g/mol. The van der Waals surface area contributed by atoms with Crippen LogP contribution in [0.15, 0.2) is 59.8 Å². The first-order valence-corrected chi connectivity index (χ1v) is 13.0. The van der Waals surface area contributed by atoms with Crippen LogP contribution in [0.1, 0.15) is 41.4 Å². The molecule has 40 heavy (non-hydrogen) atoms. The van der Waals surface area contributed by atoms with Gasteiger partial charge in [-0.15, -0.1) is 0 Å². The Balaban J connectivity index is 1.60. The summed E-state index contributed by atoms with van der Waals surface area (Å²) >= 11 is 0. The lowest BCUT2D eigenvalue weighted by Gasteiger charge is -2.40. The third-order valence-corrected chi connectivity index (χ3v) is 6.95. The maximum Gasteiger partial charge on any atom is 0.416 e. The van der Waals surface area contributed by atoms with Gasteiger partial charge >= 0.3 is 18.2 Å². The fourth-order valence-corrected chi connectivity index (χ4v) is 4.87. The number of nitrogens with one attached hydrogen (secondary N) is 1. The third-order valence-electron chi connectivity index (χ3n) is 6.95. The van der Waals surface area contributed by atoms with Crippen LogP contribution >= 0.6 is 0 Å². The predicted octanol–water partition coefficient (Wildman–Crippen LogP) is 4.21. The number of urea groups is 1. The maximum absolute atomic E-state index is 13.2. The average molecular weight is 563 g/mol. The van der Waals surface area contributed by atoms with Gasteiger partial charge in [0.05, 0.1) is 23.8 Å². The molecular formula is C28H30F4N4O4. The lowest BCUT2D eigenvalue weighted by molar-refractivity contribution is -0.139. The van der Waals surface area contributed by atoms with Crippen molar-refractivity contribution in [2.75, 3.05) is 45.9 Å². The summed E-state index contributed by atoms with van der Waals surface area (Å²) < 4.78 is 58.0. The van der Waals surface area contributed by atoms with Gasteiger partial charge in [0.25, 0.3) is 5.91 Å². The highest BCUT2D eigenvalue weighted by Crippen LogP contribution is 2.35. The Bertz CT molecular complexity index is 1270. The van der Waals surface area contributed by atoms with Crippen LogP contribution in [0.5, 0.6) is 0 Å². The number of benzene rings is 2. The number of ether oxygens (including phenoxy) is 1. The zero-order chi connectivity index (χ0) is 29.0. The molecule has 8 nitrogen and oxygen atoms in total. The van der Waals surface area contributed by atoms with Gasteiger partial charge in [0, 0.05) is 50.5 Å². The van der Waals surface area contributed by atoms with E-state index >= 15 is 0 Å². The lowest BCUT2D eigenvalue weighted by Crippen LogP contribution is -2.53. The highest BCUT2D eigenvalue weighted by atomic mass is 19.4. The molecule has 2 aliphatic heterocycles. The molecule has 1 saturated heterocycles. The second-order valence-electron chi connectivity index (χ2n) is 9.40. The van der Waals surface area contributed by atoms with Crippen LogP contribution in [0.25, 0.3) is 0 Å². The number of halogens is 4. The van der Waals surface area contributed by atoms with Gasteiger partial charge in [-0.3, -0.25) is 14.6 Å². The number of amides is 3. The van der Waals surface area contributed by atoms with Crippen molar-refractivity contribution in [1.82, 2.24) is 20.0 Å². The van der Waals surface area contributed by atoms with Crippen LogP contribution in [-0.4, -0.2) is 78.5 Å². The number of hydrogen-bond donors (Lipinski definition) is 1. The van der Waals surface area contributed by atoms with E-state index in [2.05, 4.69) is 5.32 Å². The number of likely N-dealkylation sites (N-methyl/N-ethyl adjacent to an activating group) is 1. The molecule has 214 valence electrons. The molecule has 2 aromatic carbocycles. The van der Waals surface area contributed by atoms with Gasteiger partial charge in [0.15, 0.2) is 0 Å². The molecule has 1 N–H and O–H groups in total. The topological polar surface area (TPSA) is 82.2 Å². The molecule has 2 aromatic rings. The van der Waals surface area contributed by atoms with Crippen LogP contribution in [0.2, 0.25) is 0 Å². The number of piperazine rings is 1. The Labute approximate surface area is 229 Å². The number of carbonyl (C=O) groups excluding carboxylic acids is 3. The van der Waals surface area contributed by atoms with Gasteiger partial charge in [-0.05, 0) is 55.8 Å². The summed E-state index contributed by atoms with van der Waals surface area (Å²) in [7, 11) is 0. The van der Waals surface area contributed by atoms with Gasteiger partial charge in [-0.2, -0.15) is 13.2 Å². The van der Waals surface area contributed by atoms with Crippen molar-refractivity contribution >= 4 is 17.9 Å². The summed E-state index contributed by atoms with van der Waals surface area (Å²) in [5.74, 6) is -1.33. The van der Waals surface area contributed by atoms with Gasteiger partial charge in [-0.1, -0.05) is 12.1 Å². The molecule has 0 radical (unpaired) electrons. The van der Waals surface area contributed by atoms with Crippen LogP contribution < -0.4 is 5.32 Å². The Morgan fingerprint density at radius 1 is 0.975 bits per heavy atom. The molecule has 4 rings (SSSR count). The van der Waals surface area contributed by atoms with E-state index in [0.717, 1.165) is 12.1 Å². The molecule has 0 unspecified atom stereocenters. The Morgan fingerprint density at radius 3 is 2.15 bits per heavy atom. The fraction of sp³-hybridized carbons (Fsp3) is 0.393. The molecule has 0 aromatic heterocycles. The number of rotatable bonds is 7. The summed E-state index contributed by atoms with van der Waals surface area (Å²) in [4.78, 5) is 44.2. The first-order valence-electron chi connectivity index (χ1n) is 13.0. The van der Waals surface area contributed by atoms with Crippen molar-refractivity contribution in [3.8, 4) is 0 Å². The van der Waals surface area contributed by atoms with E-state index in [1.54, 1.807) is 18.7 Å². The second kappa shape index (κ2) is 12.1. The Kier molecular flexibility index (Phi) is 8.77. The highest BCUT2D eigenvalue weighted by Gasteiger charge is 2.39. The third kappa shape index (κ3) is 6.27. The normalized spacial score (nSPS) is 18.6. The molecule has 2 aliphatic rings. The molecule has 1 fully saturated rings. The van der Waals surface area contributed by atoms with Crippen molar-refractivity contribution in [3.63, 3.8) is 0 Å².